The summed E-state index contributed by atoms with van der Waals surface area (Å²) in [6.07, 6.45) is 3.81. The van der Waals surface area contributed by atoms with Crippen LogP contribution in [0.1, 0.15) is 45.6 Å². The van der Waals surface area contributed by atoms with Crippen LogP contribution in [-0.4, -0.2) is 41.2 Å². The molecule has 2 aliphatic carbocycles. The van der Waals surface area contributed by atoms with Crippen molar-refractivity contribution in [2.24, 2.45) is 29.6 Å². The van der Waals surface area contributed by atoms with Crippen molar-refractivity contribution in [2.75, 3.05) is 11.9 Å². The quantitative estimate of drug-likeness (QED) is 0.535. The summed E-state index contributed by atoms with van der Waals surface area (Å²) in [5, 5.41) is 2.69. The van der Waals surface area contributed by atoms with Crippen molar-refractivity contribution in [3.8, 4) is 0 Å². The summed E-state index contributed by atoms with van der Waals surface area (Å²) >= 11 is 0. The summed E-state index contributed by atoms with van der Waals surface area (Å²) in [4.78, 5) is 52.4. The molecule has 1 aromatic carbocycles. The van der Waals surface area contributed by atoms with E-state index in [4.69, 9.17) is 4.74 Å². The van der Waals surface area contributed by atoms with Gasteiger partial charge in [0.1, 0.15) is 6.04 Å². The summed E-state index contributed by atoms with van der Waals surface area (Å²) in [5.74, 6) is -2.01. The number of hydrogen-bond acceptors (Lipinski definition) is 5. The highest BCUT2D eigenvalue weighted by atomic mass is 16.5. The minimum Gasteiger partial charge on any atom is -0.454 e. The fourth-order valence-electron chi connectivity index (χ4n) is 5.62. The fraction of sp³-hybridized carbons (Fsp3) is 0.583. The number of fused-ring (bicyclic) bond motifs is 5. The summed E-state index contributed by atoms with van der Waals surface area (Å²) in [6.45, 7) is 5.15. The van der Waals surface area contributed by atoms with Crippen molar-refractivity contribution in [1.29, 1.82) is 0 Å². The van der Waals surface area contributed by atoms with Crippen LogP contribution < -0.4 is 5.32 Å². The normalized spacial score (nSPS) is 27.5. The second-order valence-electron chi connectivity index (χ2n) is 9.33. The predicted molar refractivity (Wildman–Crippen MR) is 114 cm³/mol. The number of benzene rings is 1. The van der Waals surface area contributed by atoms with Crippen molar-refractivity contribution < 1.29 is 23.9 Å². The first-order valence-corrected chi connectivity index (χ1v) is 11.2. The maximum absolute atomic E-state index is 13.1. The minimum absolute atomic E-state index is 0.238. The van der Waals surface area contributed by atoms with Crippen LogP contribution in [0.25, 0.3) is 0 Å². The average molecular weight is 427 g/mol. The van der Waals surface area contributed by atoms with Crippen LogP contribution >= 0.6 is 0 Å². The molecule has 0 unspecified atom stereocenters. The second-order valence-corrected chi connectivity index (χ2v) is 9.33. The van der Waals surface area contributed by atoms with Crippen molar-refractivity contribution in [2.45, 2.75) is 52.5 Å². The van der Waals surface area contributed by atoms with Gasteiger partial charge in [0.05, 0.1) is 11.8 Å². The number of ether oxygens (including phenoxy) is 1. The van der Waals surface area contributed by atoms with E-state index < -0.39 is 24.5 Å². The number of esters is 1. The van der Waals surface area contributed by atoms with Gasteiger partial charge in [0.15, 0.2) is 6.61 Å². The number of likely N-dealkylation sites (tertiary alicyclic amines) is 1. The summed E-state index contributed by atoms with van der Waals surface area (Å²) in [5.41, 5.74) is 1.77. The number of amides is 3. The number of carbonyl (C=O) groups excluding carboxylic acids is 4. The Balaban J connectivity index is 1.39. The number of carbonyl (C=O) groups is 4. The molecule has 1 saturated heterocycles. The molecule has 3 aliphatic rings. The molecule has 0 spiro atoms. The van der Waals surface area contributed by atoms with Gasteiger partial charge in [-0.2, -0.15) is 0 Å². The highest BCUT2D eigenvalue weighted by Crippen LogP contribution is 2.56. The molecule has 166 valence electrons. The van der Waals surface area contributed by atoms with Gasteiger partial charge in [0.2, 0.25) is 11.8 Å². The zero-order valence-corrected chi connectivity index (χ0v) is 18.3. The van der Waals surface area contributed by atoms with Gasteiger partial charge in [0, 0.05) is 5.69 Å². The van der Waals surface area contributed by atoms with E-state index >= 15 is 0 Å². The lowest BCUT2D eigenvalue weighted by Gasteiger charge is -2.28. The van der Waals surface area contributed by atoms with Crippen LogP contribution in [0.2, 0.25) is 0 Å². The molecule has 5 atom stereocenters. The Morgan fingerprint density at radius 3 is 2.16 bits per heavy atom. The molecule has 0 aromatic heterocycles. The number of imide groups is 1. The maximum atomic E-state index is 13.1. The molecule has 7 heteroatoms. The third-order valence-corrected chi connectivity index (χ3v) is 7.10. The minimum atomic E-state index is -0.998. The molecule has 31 heavy (non-hydrogen) atoms. The first-order valence-electron chi connectivity index (χ1n) is 11.2. The molecule has 3 fully saturated rings. The fourth-order valence-corrected chi connectivity index (χ4v) is 5.62. The number of rotatable bonds is 7. The Morgan fingerprint density at radius 2 is 1.65 bits per heavy atom. The Morgan fingerprint density at radius 1 is 1.06 bits per heavy atom. The Hall–Kier alpha value is -2.70. The lowest BCUT2D eigenvalue weighted by Crippen LogP contribution is -2.50. The summed E-state index contributed by atoms with van der Waals surface area (Å²) < 4.78 is 5.25. The first-order chi connectivity index (χ1) is 14.8. The van der Waals surface area contributed by atoms with Crippen LogP contribution in [0.3, 0.4) is 0 Å². The molecule has 1 aliphatic heterocycles. The van der Waals surface area contributed by atoms with Crippen LogP contribution in [-0.2, 0) is 30.3 Å². The molecule has 4 rings (SSSR count). The maximum Gasteiger partial charge on any atom is 0.330 e. The highest BCUT2D eigenvalue weighted by Gasteiger charge is 2.62. The van der Waals surface area contributed by atoms with Gasteiger partial charge < -0.3 is 10.1 Å². The van der Waals surface area contributed by atoms with Crippen LogP contribution in [0, 0.1) is 29.6 Å². The van der Waals surface area contributed by atoms with Crippen molar-refractivity contribution in [1.82, 2.24) is 4.90 Å². The highest BCUT2D eigenvalue weighted by molar-refractivity contribution is 6.08. The van der Waals surface area contributed by atoms with E-state index in [1.165, 1.54) is 0 Å². The van der Waals surface area contributed by atoms with E-state index in [9.17, 15) is 19.2 Å². The molecule has 3 amide bonds. The zero-order chi connectivity index (χ0) is 22.3. The Bertz CT molecular complexity index is 866. The lowest BCUT2D eigenvalue weighted by atomic mass is 9.81. The van der Waals surface area contributed by atoms with Crippen LogP contribution in [0.15, 0.2) is 24.3 Å². The largest absolute Gasteiger partial charge is 0.454 e. The molecule has 1 aromatic rings. The Labute approximate surface area is 182 Å². The third kappa shape index (κ3) is 3.86. The summed E-state index contributed by atoms with van der Waals surface area (Å²) in [6, 6.07) is 6.44. The summed E-state index contributed by atoms with van der Waals surface area (Å²) in [7, 11) is 0. The molecule has 1 N–H and O–H groups in total. The van der Waals surface area contributed by atoms with E-state index in [1.54, 1.807) is 26.0 Å². The number of hydrogen-bond donors (Lipinski definition) is 1. The molecule has 0 radical (unpaired) electrons. The topological polar surface area (TPSA) is 92.8 Å². The SMILES string of the molecule is CCc1ccc(NC(=O)COC(=O)[C@H](C(C)C)N2C(=O)[C@@H]3[C@@H]4CC[C@@H](C4)[C@@H]3C2=O)cc1. The molecule has 1 heterocycles. The number of aryl methyl sites for hydroxylation is 1. The standard InChI is InChI=1S/C24H30N2O5/c1-4-14-5-9-17(10-6-14)25-18(27)12-31-24(30)21(13(2)3)26-22(28)19-15-7-8-16(11-15)20(19)23(26)29/h5-6,9-10,13,15-16,19-21H,4,7-8,11-12H2,1-3H3,(H,25,27)/t15-,16+,19-,20+,21-/m0/s1. The van der Waals surface area contributed by atoms with Crippen molar-refractivity contribution >= 4 is 29.4 Å². The van der Waals surface area contributed by atoms with Crippen molar-refractivity contribution in [3.05, 3.63) is 29.8 Å². The van der Waals surface area contributed by atoms with Crippen molar-refractivity contribution in [3.63, 3.8) is 0 Å². The van der Waals surface area contributed by atoms with Gasteiger partial charge in [-0.1, -0.05) is 32.9 Å². The van der Waals surface area contributed by atoms with Gasteiger partial charge in [-0.05, 0) is 61.1 Å². The molecular formula is C24H30N2O5. The lowest BCUT2D eigenvalue weighted by molar-refractivity contribution is -0.162. The van der Waals surface area contributed by atoms with Gasteiger partial charge in [-0.25, -0.2) is 4.79 Å². The van der Waals surface area contributed by atoms with Crippen LogP contribution in [0.5, 0.6) is 0 Å². The number of anilines is 1. The van der Waals surface area contributed by atoms with E-state index in [0.717, 1.165) is 36.1 Å². The van der Waals surface area contributed by atoms with Crippen LogP contribution in [0.4, 0.5) is 5.69 Å². The molecule has 2 saturated carbocycles. The van der Waals surface area contributed by atoms with Gasteiger partial charge in [-0.15, -0.1) is 0 Å². The van der Waals surface area contributed by atoms with E-state index in [1.807, 2.05) is 19.1 Å². The third-order valence-electron chi connectivity index (χ3n) is 7.10. The van der Waals surface area contributed by atoms with E-state index in [-0.39, 0.29) is 41.4 Å². The molecule has 7 nitrogen and oxygen atoms in total. The van der Waals surface area contributed by atoms with Gasteiger partial charge >= 0.3 is 5.97 Å². The van der Waals surface area contributed by atoms with Gasteiger partial charge in [0.25, 0.3) is 5.91 Å². The number of nitrogens with zero attached hydrogens (tertiary/aromatic N) is 1. The smallest absolute Gasteiger partial charge is 0.330 e. The molecule has 2 bridgehead atoms. The van der Waals surface area contributed by atoms with E-state index in [0.29, 0.717) is 5.69 Å². The zero-order valence-electron chi connectivity index (χ0n) is 18.3. The Kier molecular flexibility index (Phi) is 5.86. The first kappa shape index (κ1) is 21.5. The second kappa shape index (κ2) is 8.44. The monoisotopic (exact) mass is 426 g/mol. The van der Waals surface area contributed by atoms with E-state index in [2.05, 4.69) is 5.32 Å². The van der Waals surface area contributed by atoms with Gasteiger partial charge in [-0.3, -0.25) is 19.3 Å². The predicted octanol–water partition coefficient (Wildman–Crippen LogP) is 2.79. The average Bonchev–Trinajstić information content (AvgIpc) is 3.42. The number of nitrogens with one attached hydrogen (secondary N) is 1. The molecular weight excluding hydrogens is 396 g/mol.